The number of alkyl halides is 2. The van der Waals surface area contributed by atoms with Crippen molar-refractivity contribution in [2.24, 2.45) is 11.8 Å². The molecule has 2 aliphatic carbocycles. The first-order valence-corrected chi connectivity index (χ1v) is 13.9. The molecule has 1 aliphatic heterocycles. The van der Waals surface area contributed by atoms with Crippen molar-refractivity contribution in [3.8, 4) is 6.01 Å². The number of carbonyl (C=O) groups excluding carboxylic acids is 1. The first-order chi connectivity index (χ1) is 18.9. The number of fused-ring (bicyclic) bond motifs is 1. The highest BCUT2D eigenvalue weighted by atomic mass is 19.3. The van der Waals surface area contributed by atoms with Crippen molar-refractivity contribution in [3.63, 3.8) is 0 Å². The fourth-order valence-electron chi connectivity index (χ4n) is 4.98. The number of aromatic nitrogens is 3. The summed E-state index contributed by atoms with van der Waals surface area (Å²) in [7, 11) is 0. The lowest BCUT2D eigenvalue weighted by Gasteiger charge is -2.37. The monoisotopic (exact) mass is 536 g/mol. The molecule has 39 heavy (non-hydrogen) atoms. The average molecular weight is 537 g/mol. The van der Waals surface area contributed by atoms with E-state index in [1.807, 2.05) is 29.2 Å². The largest absolute Gasteiger partial charge is 0.463 e. The van der Waals surface area contributed by atoms with Crippen LogP contribution in [0.2, 0.25) is 0 Å². The summed E-state index contributed by atoms with van der Waals surface area (Å²) in [5, 5.41) is 7.18. The molecule has 0 bridgehead atoms. The number of pyridine rings is 1. The number of amides is 1. The second kappa shape index (κ2) is 11.0. The Labute approximate surface area is 226 Å². The second-order valence-corrected chi connectivity index (χ2v) is 11.1. The van der Waals surface area contributed by atoms with Crippen LogP contribution in [0.15, 0.2) is 42.7 Å². The third-order valence-electron chi connectivity index (χ3n) is 7.85. The molecular formula is C29H34F2N6O2. The van der Waals surface area contributed by atoms with Gasteiger partial charge in [0.2, 0.25) is 0 Å². The topological polar surface area (TPSA) is 92.3 Å². The Balaban J connectivity index is 1.16. The number of likely N-dealkylation sites (tertiary alicyclic amines) is 1. The third kappa shape index (κ3) is 6.61. The zero-order chi connectivity index (χ0) is 26.8. The number of carbonyl (C=O) groups is 1. The number of piperidine rings is 1. The predicted molar refractivity (Wildman–Crippen MR) is 144 cm³/mol. The number of halogens is 2. The molecule has 2 saturated carbocycles. The number of rotatable bonds is 11. The van der Waals surface area contributed by atoms with Crippen molar-refractivity contribution in [2.45, 2.75) is 50.5 Å². The molecular weight excluding hydrogens is 502 g/mol. The Morgan fingerprint density at radius 3 is 2.51 bits per heavy atom. The maximum absolute atomic E-state index is 13.9. The lowest BCUT2D eigenvalue weighted by Crippen LogP contribution is -2.45. The summed E-state index contributed by atoms with van der Waals surface area (Å²) in [5.74, 6) is -0.780. The van der Waals surface area contributed by atoms with Crippen LogP contribution in [0.25, 0.3) is 10.9 Å². The fourth-order valence-corrected chi connectivity index (χ4v) is 4.98. The number of nitrogens with zero attached hydrogens (tertiary/aromatic N) is 4. The summed E-state index contributed by atoms with van der Waals surface area (Å²) in [6, 6.07) is 9.31. The summed E-state index contributed by atoms with van der Waals surface area (Å²) in [6.07, 6.45) is 7.79. The van der Waals surface area contributed by atoms with Crippen molar-refractivity contribution in [1.82, 2.24) is 25.2 Å². The van der Waals surface area contributed by atoms with Gasteiger partial charge in [0.15, 0.2) is 0 Å². The SMILES string of the molecule is O=C(NCC(c1cnc(OCC2CC2)nc1)N1CCC(F)(F)CC1)c1cccc2nc(NCC3CC3)ccc12. The third-order valence-corrected chi connectivity index (χ3v) is 7.85. The Kier molecular flexibility index (Phi) is 7.29. The van der Waals surface area contributed by atoms with Gasteiger partial charge in [0.1, 0.15) is 5.82 Å². The average Bonchev–Trinajstić information content (AvgIpc) is 3.87. The maximum atomic E-state index is 13.9. The molecule has 6 rings (SSSR count). The van der Waals surface area contributed by atoms with Gasteiger partial charge in [-0.15, -0.1) is 0 Å². The molecule has 0 spiro atoms. The van der Waals surface area contributed by atoms with Crippen LogP contribution in [0.3, 0.4) is 0 Å². The van der Waals surface area contributed by atoms with E-state index in [0.29, 0.717) is 24.1 Å². The zero-order valence-corrected chi connectivity index (χ0v) is 21.9. The number of hydrogen-bond donors (Lipinski definition) is 2. The van der Waals surface area contributed by atoms with Crippen LogP contribution in [0.4, 0.5) is 14.6 Å². The van der Waals surface area contributed by atoms with Crippen LogP contribution in [0.5, 0.6) is 6.01 Å². The number of benzene rings is 1. The molecule has 3 fully saturated rings. The molecule has 3 aromatic rings. The van der Waals surface area contributed by atoms with Gasteiger partial charge in [0.25, 0.3) is 11.8 Å². The Bertz CT molecular complexity index is 1300. The molecule has 3 heterocycles. The van der Waals surface area contributed by atoms with E-state index < -0.39 is 5.92 Å². The van der Waals surface area contributed by atoms with Gasteiger partial charge >= 0.3 is 6.01 Å². The van der Waals surface area contributed by atoms with Gasteiger partial charge in [-0.1, -0.05) is 6.07 Å². The number of anilines is 1. The fraction of sp³-hybridized carbons (Fsp3) is 0.517. The Morgan fingerprint density at radius 2 is 1.79 bits per heavy atom. The molecule has 8 nitrogen and oxygen atoms in total. The minimum atomic E-state index is -2.66. The second-order valence-electron chi connectivity index (χ2n) is 11.1. The highest BCUT2D eigenvalue weighted by Crippen LogP contribution is 2.33. The van der Waals surface area contributed by atoms with E-state index in [0.717, 1.165) is 34.7 Å². The van der Waals surface area contributed by atoms with E-state index in [1.54, 1.807) is 18.5 Å². The molecule has 0 radical (unpaired) electrons. The van der Waals surface area contributed by atoms with Gasteiger partial charge < -0.3 is 15.4 Å². The first kappa shape index (κ1) is 25.9. The lowest BCUT2D eigenvalue weighted by atomic mass is 10.0. The molecule has 2 aromatic heterocycles. The summed E-state index contributed by atoms with van der Waals surface area (Å²) < 4.78 is 33.5. The van der Waals surface area contributed by atoms with Crippen LogP contribution in [-0.2, 0) is 0 Å². The molecule has 1 atom stereocenters. The van der Waals surface area contributed by atoms with Gasteiger partial charge in [-0.2, -0.15) is 0 Å². The molecule has 1 unspecified atom stereocenters. The lowest BCUT2D eigenvalue weighted by molar-refractivity contribution is -0.0632. The molecule has 206 valence electrons. The Morgan fingerprint density at radius 1 is 1.05 bits per heavy atom. The summed E-state index contributed by atoms with van der Waals surface area (Å²) >= 11 is 0. The van der Waals surface area contributed by atoms with Crippen molar-refractivity contribution in [2.75, 3.05) is 38.1 Å². The van der Waals surface area contributed by atoms with Gasteiger partial charge in [-0.3, -0.25) is 9.69 Å². The van der Waals surface area contributed by atoms with Crippen LogP contribution < -0.4 is 15.4 Å². The van der Waals surface area contributed by atoms with E-state index in [1.165, 1.54) is 25.7 Å². The molecule has 3 aliphatic rings. The Hall–Kier alpha value is -3.40. The molecule has 1 amide bonds. The molecule has 10 heteroatoms. The van der Waals surface area contributed by atoms with E-state index >= 15 is 0 Å². The van der Waals surface area contributed by atoms with E-state index in [9.17, 15) is 13.6 Å². The van der Waals surface area contributed by atoms with Crippen LogP contribution in [0.1, 0.15) is 60.5 Å². The van der Waals surface area contributed by atoms with Gasteiger partial charge in [-0.05, 0) is 61.8 Å². The van der Waals surface area contributed by atoms with Crippen LogP contribution in [0, 0.1) is 11.8 Å². The van der Waals surface area contributed by atoms with Gasteiger partial charge in [0.05, 0.1) is 18.2 Å². The highest BCUT2D eigenvalue weighted by Gasteiger charge is 2.37. The van der Waals surface area contributed by atoms with Crippen LogP contribution in [-0.4, -0.2) is 64.5 Å². The van der Waals surface area contributed by atoms with Gasteiger partial charge in [0, 0.05) is 67.9 Å². The van der Waals surface area contributed by atoms with Crippen molar-refractivity contribution >= 4 is 22.6 Å². The minimum Gasteiger partial charge on any atom is -0.463 e. The van der Waals surface area contributed by atoms with E-state index in [2.05, 4.69) is 25.6 Å². The minimum absolute atomic E-state index is 0.215. The standard InChI is InChI=1S/C29H34F2N6O2/c30-29(31)10-12-37(13-11-29)25(21-15-34-28(35-16-21)39-18-20-6-7-20)17-33-27(38)23-2-1-3-24-22(23)8-9-26(36-24)32-14-19-4-5-19/h1-3,8-9,15-16,19-20,25H,4-7,10-14,17-18H2,(H,32,36)(H,33,38). The normalized spacial score (nSPS) is 19.9. The molecule has 2 N–H and O–H groups in total. The van der Waals surface area contributed by atoms with E-state index in [4.69, 9.17) is 4.74 Å². The first-order valence-electron chi connectivity index (χ1n) is 13.9. The van der Waals surface area contributed by atoms with Crippen molar-refractivity contribution in [1.29, 1.82) is 0 Å². The maximum Gasteiger partial charge on any atom is 0.316 e. The quantitative estimate of drug-likeness (QED) is 0.362. The van der Waals surface area contributed by atoms with Crippen molar-refractivity contribution in [3.05, 3.63) is 53.9 Å². The predicted octanol–water partition coefficient (Wildman–Crippen LogP) is 4.84. The summed E-state index contributed by atoms with van der Waals surface area (Å²) in [5.41, 5.74) is 2.02. The van der Waals surface area contributed by atoms with Crippen LogP contribution >= 0.6 is 0 Å². The van der Waals surface area contributed by atoms with Crippen molar-refractivity contribution < 1.29 is 18.3 Å². The zero-order valence-electron chi connectivity index (χ0n) is 21.9. The number of nitrogens with one attached hydrogen (secondary N) is 2. The highest BCUT2D eigenvalue weighted by molar-refractivity contribution is 6.06. The molecule has 1 saturated heterocycles. The van der Waals surface area contributed by atoms with E-state index in [-0.39, 0.29) is 44.4 Å². The summed E-state index contributed by atoms with van der Waals surface area (Å²) in [6.45, 7) is 2.21. The smallest absolute Gasteiger partial charge is 0.316 e. The number of ether oxygens (including phenoxy) is 1. The summed E-state index contributed by atoms with van der Waals surface area (Å²) in [4.78, 5) is 28.7. The number of hydrogen-bond acceptors (Lipinski definition) is 7. The van der Waals surface area contributed by atoms with Gasteiger partial charge in [-0.25, -0.2) is 23.7 Å². The molecule has 1 aromatic carbocycles.